The van der Waals surface area contributed by atoms with Crippen LogP contribution in [0.15, 0.2) is 152 Å². The lowest BCUT2D eigenvalue weighted by molar-refractivity contribution is 1.55. The van der Waals surface area contributed by atoms with Crippen molar-refractivity contribution in [3.8, 4) is 11.1 Å². The molecule has 0 unspecified atom stereocenters. The fourth-order valence-electron chi connectivity index (χ4n) is 5.59. The minimum absolute atomic E-state index is 1.19. The fourth-order valence-corrected chi connectivity index (χ4v) is 5.59. The minimum Gasteiger partial charge on any atom is -0.0622 e. The van der Waals surface area contributed by atoms with Gasteiger partial charge in [0.1, 0.15) is 0 Å². The number of hydrogen-bond donors (Lipinski definition) is 0. The number of rotatable bonds is 4. The molecule has 0 atom stereocenters. The number of benzene rings is 7. The summed E-state index contributed by atoms with van der Waals surface area (Å²) in [7, 11) is 0. The van der Waals surface area contributed by atoms with Crippen LogP contribution in [0, 0.1) is 0 Å². The van der Waals surface area contributed by atoms with E-state index in [-0.39, 0.29) is 0 Å². The van der Waals surface area contributed by atoms with E-state index in [9.17, 15) is 0 Å². The van der Waals surface area contributed by atoms with Gasteiger partial charge in [-0.25, -0.2) is 0 Å². The van der Waals surface area contributed by atoms with Gasteiger partial charge in [0.05, 0.1) is 0 Å². The summed E-state index contributed by atoms with van der Waals surface area (Å²) in [6, 6.07) is 54.6. The SMILES string of the molecule is C(=C(c1ccccc1)c1ccccc1)c1ccc(-c2ccc3c4ccccc4c4ccccc4c3c2)cc1. The lowest BCUT2D eigenvalue weighted by atomic mass is 9.91. The molecule has 0 aliphatic carbocycles. The van der Waals surface area contributed by atoms with E-state index in [2.05, 4.69) is 158 Å². The van der Waals surface area contributed by atoms with Crippen molar-refractivity contribution in [3.63, 3.8) is 0 Å². The van der Waals surface area contributed by atoms with E-state index in [1.165, 1.54) is 65.7 Å². The normalized spacial score (nSPS) is 11.2. The molecular formula is C38H26. The van der Waals surface area contributed by atoms with Crippen molar-refractivity contribution in [2.45, 2.75) is 0 Å². The van der Waals surface area contributed by atoms with E-state index in [1.54, 1.807) is 0 Å². The predicted octanol–water partition coefficient (Wildman–Crippen LogP) is 10.4. The molecule has 0 aromatic heterocycles. The molecule has 0 heteroatoms. The van der Waals surface area contributed by atoms with Crippen LogP contribution >= 0.6 is 0 Å². The van der Waals surface area contributed by atoms with Gasteiger partial charge in [-0.15, -0.1) is 0 Å². The van der Waals surface area contributed by atoms with Gasteiger partial charge in [-0.1, -0.05) is 146 Å². The van der Waals surface area contributed by atoms with Crippen LogP contribution < -0.4 is 0 Å². The molecule has 7 aromatic rings. The van der Waals surface area contributed by atoms with Crippen molar-refractivity contribution in [1.29, 1.82) is 0 Å². The summed E-state index contributed by atoms with van der Waals surface area (Å²) in [4.78, 5) is 0. The first kappa shape index (κ1) is 22.3. The molecular weight excluding hydrogens is 456 g/mol. The Morgan fingerprint density at radius 2 is 0.763 bits per heavy atom. The van der Waals surface area contributed by atoms with Crippen molar-refractivity contribution in [2.24, 2.45) is 0 Å². The molecule has 7 aromatic carbocycles. The van der Waals surface area contributed by atoms with Crippen molar-refractivity contribution in [1.82, 2.24) is 0 Å². The first-order valence-corrected chi connectivity index (χ1v) is 13.1. The molecule has 0 aliphatic rings. The van der Waals surface area contributed by atoms with Crippen LogP contribution in [0.5, 0.6) is 0 Å². The van der Waals surface area contributed by atoms with Crippen molar-refractivity contribution < 1.29 is 0 Å². The van der Waals surface area contributed by atoms with Crippen molar-refractivity contribution in [3.05, 3.63) is 168 Å². The fraction of sp³-hybridized carbons (Fsp3) is 0. The smallest absolute Gasteiger partial charge is 0.00928 e. The van der Waals surface area contributed by atoms with Gasteiger partial charge in [0.15, 0.2) is 0 Å². The zero-order valence-electron chi connectivity index (χ0n) is 21.0. The second kappa shape index (κ2) is 9.50. The van der Waals surface area contributed by atoms with E-state index in [0.29, 0.717) is 0 Å². The molecule has 0 nitrogen and oxygen atoms in total. The zero-order chi connectivity index (χ0) is 25.3. The maximum Gasteiger partial charge on any atom is -0.00928 e. The zero-order valence-corrected chi connectivity index (χ0v) is 21.0. The van der Waals surface area contributed by atoms with Gasteiger partial charge in [0, 0.05) is 0 Å². The van der Waals surface area contributed by atoms with Crippen LogP contribution in [0.3, 0.4) is 0 Å². The monoisotopic (exact) mass is 482 g/mol. The first-order chi connectivity index (χ1) is 18.8. The standard InChI is InChI=1S/C38H26/c1-3-11-29(12-4-1)37(30-13-5-2-6-14-30)25-27-19-21-28(22-20-27)31-23-24-36-34-17-8-7-15-32(34)33-16-9-10-18-35(33)38(36)26-31/h1-26H. The molecule has 0 heterocycles. The lowest BCUT2D eigenvalue weighted by Crippen LogP contribution is -1.88. The predicted molar refractivity (Wildman–Crippen MR) is 164 cm³/mol. The summed E-state index contributed by atoms with van der Waals surface area (Å²) in [5.41, 5.74) is 7.31. The Morgan fingerprint density at radius 1 is 0.342 bits per heavy atom. The highest BCUT2D eigenvalue weighted by molar-refractivity contribution is 6.25. The van der Waals surface area contributed by atoms with Crippen LogP contribution in [0.1, 0.15) is 16.7 Å². The lowest BCUT2D eigenvalue weighted by Gasteiger charge is -2.12. The second-order valence-electron chi connectivity index (χ2n) is 9.76. The topological polar surface area (TPSA) is 0 Å². The molecule has 0 fully saturated rings. The van der Waals surface area contributed by atoms with Crippen LogP contribution in [0.2, 0.25) is 0 Å². The Morgan fingerprint density at radius 3 is 1.29 bits per heavy atom. The van der Waals surface area contributed by atoms with E-state index in [1.807, 2.05) is 0 Å². The summed E-state index contributed by atoms with van der Waals surface area (Å²) in [5, 5.41) is 7.84. The van der Waals surface area contributed by atoms with Gasteiger partial charge in [-0.05, 0) is 77.9 Å². The Balaban J connectivity index is 1.32. The highest BCUT2D eigenvalue weighted by Crippen LogP contribution is 2.37. The maximum atomic E-state index is 2.36. The molecule has 0 saturated carbocycles. The van der Waals surface area contributed by atoms with Crippen LogP contribution in [0.25, 0.3) is 55.1 Å². The van der Waals surface area contributed by atoms with Crippen molar-refractivity contribution >= 4 is 44.0 Å². The molecule has 0 radical (unpaired) electrons. The third-order valence-electron chi connectivity index (χ3n) is 7.47. The molecule has 0 N–H and O–H groups in total. The van der Waals surface area contributed by atoms with Gasteiger partial charge in [-0.2, -0.15) is 0 Å². The Bertz CT molecular complexity index is 1850. The quantitative estimate of drug-likeness (QED) is 0.173. The second-order valence-corrected chi connectivity index (χ2v) is 9.76. The van der Waals surface area contributed by atoms with Gasteiger partial charge in [0.2, 0.25) is 0 Å². The van der Waals surface area contributed by atoms with Gasteiger partial charge in [-0.3, -0.25) is 0 Å². The van der Waals surface area contributed by atoms with Crippen LogP contribution in [-0.2, 0) is 0 Å². The summed E-state index contributed by atoms with van der Waals surface area (Å²) in [6.07, 6.45) is 2.29. The third-order valence-corrected chi connectivity index (χ3v) is 7.47. The Kier molecular flexibility index (Phi) is 5.57. The van der Waals surface area contributed by atoms with E-state index in [4.69, 9.17) is 0 Å². The van der Waals surface area contributed by atoms with Gasteiger partial charge in [0.25, 0.3) is 0 Å². The molecule has 7 rings (SSSR count). The minimum atomic E-state index is 1.19. The Hall–Kier alpha value is -4.94. The molecule has 38 heavy (non-hydrogen) atoms. The average Bonchev–Trinajstić information content (AvgIpc) is 3.01. The summed E-state index contributed by atoms with van der Waals surface area (Å²) < 4.78 is 0. The first-order valence-electron chi connectivity index (χ1n) is 13.1. The summed E-state index contributed by atoms with van der Waals surface area (Å²) >= 11 is 0. The van der Waals surface area contributed by atoms with E-state index in [0.717, 1.165) is 0 Å². The number of fused-ring (bicyclic) bond motifs is 6. The number of hydrogen-bond acceptors (Lipinski definition) is 0. The van der Waals surface area contributed by atoms with Gasteiger partial charge < -0.3 is 0 Å². The maximum absolute atomic E-state index is 2.36. The molecule has 0 amide bonds. The highest BCUT2D eigenvalue weighted by Gasteiger charge is 2.10. The molecule has 0 spiro atoms. The summed E-state index contributed by atoms with van der Waals surface area (Å²) in [6.45, 7) is 0. The van der Waals surface area contributed by atoms with E-state index >= 15 is 0 Å². The van der Waals surface area contributed by atoms with Crippen LogP contribution in [-0.4, -0.2) is 0 Å². The third kappa shape index (κ3) is 3.97. The molecule has 178 valence electrons. The van der Waals surface area contributed by atoms with Gasteiger partial charge >= 0.3 is 0 Å². The van der Waals surface area contributed by atoms with E-state index < -0.39 is 0 Å². The molecule has 0 saturated heterocycles. The largest absolute Gasteiger partial charge is 0.0622 e. The molecule has 0 bridgehead atoms. The Labute approximate surface area is 223 Å². The highest BCUT2D eigenvalue weighted by atomic mass is 14.1. The van der Waals surface area contributed by atoms with Crippen LogP contribution in [0.4, 0.5) is 0 Å². The molecule has 0 aliphatic heterocycles. The summed E-state index contributed by atoms with van der Waals surface area (Å²) in [5.74, 6) is 0. The average molecular weight is 483 g/mol. The van der Waals surface area contributed by atoms with Crippen molar-refractivity contribution in [2.75, 3.05) is 0 Å².